The van der Waals surface area contributed by atoms with Gasteiger partial charge in [0.2, 0.25) is 0 Å². The van der Waals surface area contributed by atoms with Crippen LogP contribution in [0.5, 0.6) is 0 Å². The SMILES string of the molecule is C.C=CC(CC(C)C1CCC2C3C/C(=C\C)C4CCCCC4(C)C3CCC12C)C(=C)C(C)(C)CC.C=CCCC(C)C(C)C(C)CC. The molecule has 0 heterocycles. The van der Waals surface area contributed by atoms with E-state index in [9.17, 15) is 0 Å². The first-order valence-corrected chi connectivity index (χ1v) is 20.2. The maximum atomic E-state index is 4.59. The first-order chi connectivity index (χ1) is 21.7. The van der Waals surface area contributed by atoms with Gasteiger partial charge in [-0.25, -0.2) is 0 Å². The van der Waals surface area contributed by atoms with E-state index in [2.05, 4.69) is 108 Å². The van der Waals surface area contributed by atoms with Crippen molar-refractivity contribution in [3.05, 3.63) is 49.1 Å². The number of hydrogen-bond acceptors (Lipinski definition) is 0. The maximum Gasteiger partial charge on any atom is -0.00207 e. The maximum absolute atomic E-state index is 4.59. The van der Waals surface area contributed by atoms with Crippen LogP contribution in [0.3, 0.4) is 0 Å². The second kappa shape index (κ2) is 17.8. The molecule has 4 rings (SSSR count). The Bertz CT molecular complexity index is 1020. The van der Waals surface area contributed by atoms with Crippen LogP contribution in [-0.4, -0.2) is 0 Å². The molecule has 12 unspecified atom stereocenters. The number of allylic oxidation sites excluding steroid dienone is 5. The van der Waals surface area contributed by atoms with Gasteiger partial charge < -0.3 is 0 Å². The van der Waals surface area contributed by atoms with Gasteiger partial charge in [0.15, 0.2) is 0 Å². The van der Waals surface area contributed by atoms with Crippen molar-refractivity contribution in [2.75, 3.05) is 0 Å². The zero-order chi connectivity index (χ0) is 34.4. The molecule has 0 nitrogen and oxygen atoms in total. The van der Waals surface area contributed by atoms with Crippen molar-refractivity contribution in [2.24, 2.45) is 75.4 Å². The molecule has 0 N–H and O–H groups in total. The standard InChI is InChI=1S/C34H56.C12H24.CH4/c1-10-25(24(5)32(6,7)12-3)21-23(4)28-16-17-30-27-22-26(11-2)29-15-13-14-19-33(29,8)31(27)18-20-34(28,30)9;1-6-8-9-11(4)12(5)10(3)7-2;/h10-11,23,25,27-31H,1,5,12-22H2,2-4,6-9H3;6,10-12H,1,7-9H2,2-5H3;1H4/b26-11+;;. The molecule has 272 valence electrons. The summed E-state index contributed by atoms with van der Waals surface area (Å²) in [6.45, 7) is 39.4. The van der Waals surface area contributed by atoms with Crippen LogP contribution < -0.4 is 0 Å². The van der Waals surface area contributed by atoms with E-state index in [1.807, 2.05) is 11.6 Å². The average molecular weight is 649 g/mol. The van der Waals surface area contributed by atoms with Crippen LogP contribution in [0.2, 0.25) is 0 Å². The Morgan fingerprint density at radius 3 is 2.15 bits per heavy atom. The van der Waals surface area contributed by atoms with Gasteiger partial charge in [0.05, 0.1) is 0 Å². The molecule has 0 bridgehead atoms. The van der Waals surface area contributed by atoms with Crippen molar-refractivity contribution < 1.29 is 0 Å². The van der Waals surface area contributed by atoms with Crippen LogP contribution >= 0.6 is 0 Å². The Balaban J connectivity index is 0.000000506. The summed E-state index contributed by atoms with van der Waals surface area (Å²) in [7, 11) is 0. The Morgan fingerprint density at radius 1 is 0.915 bits per heavy atom. The van der Waals surface area contributed by atoms with Gasteiger partial charge in [-0.3, -0.25) is 0 Å². The van der Waals surface area contributed by atoms with Gasteiger partial charge >= 0.3 is 0 Å². The van der Waals surface area contributed by atoms with Gasteiger partial charge in [-0.05, 0) is 153 Å². The second-order valence-electron chi connectivity index (χ2n) is 18.4. The summed E-state index contributed by atoms with van der Waals surface area (Å²) < 4.78 is 0. The molecule has 12 atom stereocenters. The molecule has 0 aromatic heterocycles. The Hall–Kier alpha value is -1.04. The van der Waals surface area contributed by atoms with Gasteiger partial charge in [-0.15, -0.1) is 13.2 Å². The monoisotopic (exact) mass is 649 g/mol. The molecule has 47 heavy (non-hydrogen) atoms. The topological polar surface area (TPSA) is 0 Å². The van der Waals surface area contributed by atoms with Crippen LogP contribution in [0, 0.1) is 75.4 Å². The molecule has 4 saturated carbocycles. The summed E-state index contributed by atoms with van der Waals surface area (Å²) in [5.74, 6) is 8.37. The van der Waals surface area contributed by atoms with E-state index < -0.39 is 0 Å². The molecule has 0 amide bonds. The quantitative estimate of drug-likeness (QED) is 0.174. The van der Waals surface area contributed by atoms with E-state index in [0.29, 0.717) is 16.7 Å². The van der Waals surface area contributed by atoms with E-state index in [1.54, 1.807) is 0 Å². The molecule has 4 fully saturated rings. The summed E-state index contributed by atoms with van der Waals surface area (Å²) in [5.41, 5.74) is 4.56. The summed E-state index contributed by atoms with van der Waals surface area (Å²) >= 11 is 0. The lowest BCUT2D eigenvalue weighted by Gasteiger charge is -2.61. The highest BCUT2D eigenvalue weighted by Crippen LogP contribution is 2.69. The number of hydrogen-bond donors (Lipinski definition) is 0. The van der Waals surface area contributed by atoms with Crippen LogP contribution in [0.25, 0.3) is 0 Å². The van der Waals surface area contributed by atoms with Crippen molar-refractivity contribution in [3.8, 4) is 0 Å². The van der Waals surface area contributed by atoms with Crippen LogP contribution in [0.4, 0.5) is 0 Å². The second-order valence-corrected chi connectivity index (χ2v) is 18.4. The molecule has 0 aliphatic heterocycles. The van der Waals surface area contributed by atoms with E-state index in [4.69, 9.17) is 0 Å². The summed E-state index contributed by atoms with van der Waals surface area (Å²) in [5, 5.41) is 0. The van der Waals surface area contributed by atoms with Crippen molar-refractivity contribution >= 4 is 0 Å². The summed E-state index contributed by atoms with van der Waals surface area (Å²) in [4.78, 5) is 0. The van der Waals surface area contributed by atoms with Crippen molar-refractivity contribution in [1.82, 2.24) is 0 Å². The van der Waals surface area contributed by atoms with E-state index in [0.717, 1.165) is 59.7 Å². The fourth-order valence-electron chi connectivity index (χ4n) is 11.8. The highest BCUT2D eigenvalue weighted by atomic mass is 14.7. The Morgan fingerprint density at radius 2 is 1.57 bits per heavy atom. The summed E-state index contributed by atoms with van der Waals surface area (Å²) in [6, 6.07) is 0. The minimum Gasteiger partial charge on any atom is -0.103 e. The fourth-order valence-corrected chi connectivity index (χ4v) is 11.8. The lowest BCUT2D eigenvalue weighted by Crippen LogP contribution is -2.53. The van der Waals surface area contributed by atoms with Gasteiger partial charge in [-0.2, -0.15) is 0 Å². The molecule has 4 aliphatic rings. The van der Waals surface area contributed by atoms with Crippen LogP contribution in [-0.2, 0) is 0 Å². The molecule has 0 saturated heterocycles. The highest BCUT2D eigenvalue weighted by Gasteiger charge is 2.61. The third kappa shape index (κ3) is 8.83. The van der Waals surface area contributed by atoms with Crippen molar-refractivity contribution in [3.63, 3.8) is 0 Å². The van der Waals surface area contributed by atoms with E-state index >= 15 is 0 Å². The van der Waals surface area contributed by atoms with Gasteiger partial charge in [0, 0.05) is 0 Å². The zero-order valence-corrected chi connectivity index (χ0v) is 33.0. The largest absolute Gasteiger partial charge is 0.103 e. The normalized spacial score (nSPS) is 35.7. The van der Waals surface area contributed by atoms with Gasteiger partial charge in [0.25, 0.3) is 0 Å². The summed E-state index contributed by atoms with van der Waals surface area (Å²) in [6.07, 6.45) is 26.1. The lowest BCUT2D eigenvalue weighted by atomic mass is 9.43. The molecule has 0 heteroatoms. The molecular weight excluding hydrogens is 565 g/mol. The lowest BCUT2D eigenvalue weighted by molar-refractivity contribution is -0.0943. The van der Waals surface area contributed by atoms with E-state index in [-0.39, 0.29) is 12.8 Å². The highest BCUT2D eigenvalue weighted by molar-refractivity contribution is 5.22. The minimum atomic E-state index is 0. The van der Waals surface area contributed by atoms with Crippen LogP contribution in [0.15, 0.2) is 49.1 Å². The predicted molar refractivity (Wildman–Crippen MR) is 214 cm³/mol. The van der Waals surface area contributed by atoms with Crippen LogP contribution in [0.1, 0.15) is 173 Å². The third-order valence-electron chi connectivity index (χ3n) is 16.0. The van der Waals surface area contributed by atoms with Gasteiger partial charge in [-0.1, -0.05) is 132 Å². The predicted octanol–water partition coefficient (Wildman–Crippen LogP) is 15.3. The Labute approximate surface area is 297 Å². The molecule has 0 aromatic carbocycles. The zero-order valence-electron chi connectivity index (χ0n) is 33.0. The minimum absolute atomic E-state index is 0. The third-order valence-corrected chi connectivity index (χ3v) is 16.0. The number of fused-ring (bicyclic) bond motifs is 5. The first-order valence-electron chi connectivity index (χ1n) is 20.2. The molecule has 0 radical (unpaired) electrons. The smallest absolute Gasteiger partial charge is 0.00207 e. The Kier molecular flexibility index (Phi) is 15.9. The van der Waals surface area contributed by atoms with Crippen molar-refractivity contribution in [1.29, 1.82) is 0 Å². The van der Waals surface area contributed by atoms with Gasteiger partial charge in [0.1, 0.15) is 0 Å². The van der Waals surface area contributed by atoms with E-state index in [1.165, 1.54) is 89.0 Å². The molecule has 4 aliphatic carbocycles. The number of rotatable bonds is 13. The molecule has 0 spiro atoms. The average Bonchev–Trinajstić information content (AvgIpc) is 3.41. The molecule has 0 aromatic rings. The molecular formula is C47H84. The first kappa shape index (κ1) is 42.1. The fraction of sp³-hybridized carbons (Fsp3) is 0.830. The van der Waals surface area contributed by atoms with Crippen molar-refractivity contribution in [2.45, 2.75) is 173 Å².